The van der Waals surface area contributed by atoms with Crippen molar-refractivity contribution in [3.8, 4) is 0 Å². The molecular weight excluding hydrogens is 286 g/mol. The highest BCUT2D eigenvalue weighted by Crippen LogP contribution is 2.13. The van der Waals surface area contributed by atoms with Gasteiger partial charge < -0.3 is 14.7 Å². The molecule has 0 aliphatic rings. The maximum absolute atomic E-state index is 10.1. The molecule has 23 heavy (non-hydrogen) atoms. The minimum absolute atomic E-state index is 0.193. The molecule has 0 aromatic heterocycles. The topological polar surface area (TPSA) is 40.5 Å². The van der Waals surface area contributed by atoms with Gasteiger partial charge in [0.25, 0.3) is 0 Å². The lowest BCUT2D eigenvalue weighted by molar-refractivity contribution is -0.893. The zero-order chi connectivity index (χ0) is 17.4. The van der Waals surface area contributed by atoms with E-state index in [9.17, 15) is 5.11 Å². The van der Waals surface area contributed by atoms with Crippen molar-refractivity contribution in [2.45, 2.75) is 96.5 Å². The molecule has 0 amide bonds. The molecule has 0 rings (SSSR count). The average Bonchev–Trinajstić information content (AvgIpc) is 2.47. The van der Waals surface area contributed by atoms with Gasteiger partial charge in [0.1, 0.15) is 19.2 Å². The summed E-state index contributed by atoms with van der Waals surface area (Å²) in [5.74, 6) is 0. The van der Waals surface area contributed by atoms with E-state index in [0.29, 0.717) is 4.48 Å². The van der Waals surface area contributed by atoms with Crippen molar-refractivity contribution in [3.63, 3.8) is 0 Å². The summed E-state index contributed by atoms with van der Waals surface area (Å²) >= 11 is 0. The Morgan fingerprint density at radius 1 is 0.739 bits per heavy atom. The summed E-state index contributed by atoms with van der Waals surface area (Å²) in [5.41, 5.74) is 0. The monoisotopic (exact) mass is 330 g/mol. The van der Waals surface area contributed by atoms with Crippen molar-refractivity contribution in [3.05, 3.63) is 0 Å². The molecule has 0 fully saturated rings. The van der Waals surface area contributed by atoms with Crippen LogP contribution in [0.2, 0.25) is 0 Å². The van der Waals surface area contributed by atoms with Gasteiger partial charge in [-0.15, -0.1) is 0 Å². The summed E-state index contributed by atoms with van der Waals surface area (Å²) in [7, 11) is 4.14. The number of aliphatic hydroxyl groups is 2. The number of aliphatic hydroxyl groups excluding tert-OH is 2. The fourth-order valence-corrected chi connectivity index (χ4v) is 3.24. The first kappa shape index (κ1) is 22.9. The largest absolute Gasteiger partial charge is 0.391 e. The molecule has 0 spiro atoms. The van der Waals surface area contributed by atoms with Crippen molar-refractivity contribution in [2.75, 3.05) is 33.8 Å². The highest BCUT2D eigenvalue weighted by atomic mass is 16.3. The summed E-state index contributed by atoms with van der Waals surface area (Å²) < 4.78 is 0.704. The van der Waals surface area contributed by atoms with Gasteiger partial charge in [-0.05, 0) is 6.42 Å². The second kappa shape index (κ2) is 15.4. The van der Waals surface area contributed by atoms with Gasteiger partial charge in [-0.3, -0.25) is 0 Å². The van der Waals surface area contributed by atoms with Crippen molar-refractivity contribution in [2.24, 2.45) is 0 Å². The number of quaternary nitrogens is 1. The summed E-state index contributed by atoms with van der Waals surface area (Å²) in [5, 5.41) is 19.1. The molecule has 0 aliphatic carbocycles. The molecule has 2 N–H and O–H groups in total. The molecule has 1 unspecified atom stereocenters. The van der Waals surface area contributed by atoms with Crippen LogP contribution < -0.4 is 0 Å². The molecule has 0 saturated heterocycles. The van der Waals surface area contributed by atoms with Crippen LogP contribution in [0.3, 0.4) is 0 Å². The van der Waals surface area contributed by atoms with Crippen LogP contribution in [0.5, 0.6) is 0 Å². The van der Waals surface area contributed by atoms with Crippen molar-refractivity contribution >= 4 is 0 Å². The van der Waals surface area contributed by atoms with Crippen LogP contribution in [0.4, 0.5) is 0 Å². The predicted molar refractivity (Wildman–Crippen MR) is 101 cm³/mol. The standard InChI is InChI=1S/C20H44NO2/c1-4-5-6-7-8-9-10-11-12-13-14-15-16-20(23)19-21(2,3)17-18-22/h20,22-23H,4-19H2,1-3H3/q+1. The molecule has 140 valence electrons. The van der Waals surface area contributed by atoms with Gasteiger partial charge in [0, 0.05) is 0 Å². The van der Waals surface area contributed by atoms with Gasteiger partial charge in [-0.25, -0.2) is 0 Å². The first-order valence-electron chi connectivity index (χ1n) is 10.1. The molecular formula is C20H44NO2+. The fraction of sp³-hybridized carbons (Fsp3) is 1.00. The maximum Gasteiger partial charge on any atom is 0.105 e. The highest BCUT2D eigenvalue weighted by Gasteiger charge is 2.19. The minimum atomic E-state index is -0.223. The average molecular weight is 331 g/mol. The van der Waals surface area contributed by atoms with Crippen LogP contribution >= 0.6 is 0 Å². The van der Waals surface area contributed by atoms with Crippen LogP contribution in [0.25, 0.3) is 0 Å². The van der Waals surface area contributed by atoms with Crippen LogP contribution in [0, 0.1) is 0 Å². The number of likely N-dealkylation sites (N-methyl/N-ethyl adjacent to an activating group) is 1. The second-order valence-electron chi connectivity index (χ2n) is 7.90. The Morgan fingerprint density at radius 2 is 1.17 bits per heavy atom. The lowest BCUT2D eigenvalue weighted by Crippen LogP contribution is -2.47. The Balaban J connectivity index is 3.29. The molecule has 0 aliphatic heterocycles. The van der Waals surface area contributed by atoms with Gasteiger partial charge >= 0.3 is 0 Å². The van der Waals surface area contributed by atoms with Crippen LogP contribution in [0.15, 0.2) is 0 Å². The molecule has 0 aromatic rings. The lowest BCUT2D eigenvalue weighted by atomic mass is 10.0. The van der Waals surface area contributed by atoms with Crippen molar-refractivity contribution in [1.82, 2.24) is 0 Å². The first-order valence-corrected chi connectivity index (χ1v) is 10.1. The number of rotatable bonds is 17. The number of unbranched alkanes of at least 4 members (excludes halogenated alkanes) is 11. The highest BCUT2D eigenvalue weighted by molar-refractivity contribution is 4.56. The van der Waals surface area contributed by atoms with Crippen molar-refractivity contribution in [1.29, 1.82) is 0 Å². The normalized spacial score (nSPS) is 13.4. The van der Waals surface area contributed by atoms with E-state index in [1.165, 1.54) is 70.6 Å². The van der Waals surface area contributed by atoms with Gasteiger partial charge in [-0.1, -0.05) is 84.0 Å². The number of hydrogen-bond donors (Lipinski definition) is 2. The Hall–Kier alpha value is -0.120. The molecule has 3 heteroatoms. The van der Waals surface area contributed by atoms with Crippen LogP contribution in [0.1, 0.15) is 90.4 Å². The Kier molecular flexibility index (Phi) is 15.3. The maximum atomic E-state index is 10.1. The van der Waals surface area contributed by atoms with E-state index in [1.54, 1.807) is 0 Å². The molecule has 0 heterocycles. The van der Waals surface area contributed by atoms with E-state index in [2.05, 4.69) is 21.0 Å². The summed E-state index contributed by atoms with van der Waals surface area (Å²) in [6.45, 7) is 3.93. The third kappa shape index (κ3) is 16.5. The molecule has 1 atom stereocenters. The first-order chi connectivity index (χ1) is 11.0. The van der Waals surface area contributed by atoms with E-state index in [1.807, 2.05) is 0 Å². The predicted octanol–water partition coefficient (Wildman–Crippen LogP) is 4.51. The number of nitrogens with zero attached hydrogens (tertiary/aromatic N) is 1. The Bertz CT molecular complexity index is 244. The van der Waals surface area contributed by atoms with E-state index >= 15 is 0 Å². The molecule has 3 nitrogen and oxygen atoms in total. The second-order valence-corrected chi connectivity index (χ2v) is 7.90. The Labute approximate surface area is 145 Å². The zero-order valence-electron chi connectivity index (χ0n) is 16.2. The molecule has 0 radical (unpaired) electrons. The molecule has 0 bridgehead atoms. The van der Waals surface area contributed by atoms with E-state index in [0.717, 1.165) is 25.9 Å². The molecule has 0 aromatic carbocycles. The summed E-state index contributed by atoms with van der Waals surface area (Å²) in [4.78, 5) is 0. The number of hydrogen-bond acceptors (Lipinski definition) is 2. The Morgan fingerprint density at radius 3 is 1.61 bits per heavy atom. The van der Waals surface area contributed by atoms with E-state index in [4.69, 9.17) is 5.11 Å². The van der Waals surface area contributed by atoms with Gasteiger partial charge in [0.15, 0.2) is 0 Å². The SMILES string of the molecule is CCCCCCCCCCCCCCC(O)C[N+](C)(C)CCO. The summed E-state index contributed by atoms with van der Waals surface area (Å²) in [6, 6.07) is 0. The lowest BCUT2D eigenvalue weighted by Gasteiger charge is -2.31. The van der Waals surface area contributed by atoms with Crippen LogP contribution in [-0.2, 0) is 0 Å². The van der Waals surface area contributed by atoms with E-state index < -0.39 is 0 Å². The van der Waals surface area contributed by atoms with Crippen molar-refractivity contribution < 1.29 is 14.7 Å². The fourth-order valence-electron chi connectivity index (χ4n) is 3.24. The van der Waals surface area contributed by atoms with Gasteiger partial charge in [0.2, 0.25) is 0 Å². The van der Waals surface area contributed by atoms with Gasteiger partial charge in [0.05, 0.1) is 20.7 Å². The quantitative estimate of drug-likeness (QED) is 0.304. The van der Waals surface area contributed by atoms with Crippen LogP contribution in [-0.4, -0.2) is 54.6 Å². The summed E-state index contributed by atoms with van der Waals surface area (Å²) in [6.07, 6.45) is 17.0. The molecule has 0 saturated carbocycles. The minimum Gasteiger partial charge on any atom is -0.391 e. The van der Waals surface area contributed by atoms with Gasteiger partial charge in [-0.2, -0.15) is 0 Å². The third-order valence-corrected chi connectivity index (χ3v) is 4.80. The zero-order valence-corrected chi connectivity index (χ0v) is 16.2. The van der Waals surface area contributed by atoms with E-state index in [-0.39, 0.29) is 12.7 Å². The third-order valence-electron chi connectivity index (χ3n) is 4.80. The smallest absolute Gasteiger partial charge is 0.105 e.